The monoisotopic (exact) mass is 298 g/mol. The van der Waals surface area contributed by atoms with Gasteiger partial charge in [0.15, 0.2) is 0 Å². The summed E-state index contributed by atoms with van der Waals surface area (Å²) in [4.78, 5) is 27.9. The van der Waals surface area contributed by atoms with Crippen LogP contribution in [0.2, 0.25) is 0 Å². The molecule has 0 aliphatic carbocycles. The lowest BCUT2D eigenvalue weighted by atomic mass is 10.4. The highest BCUT2D eigenvalue weighted by atomic mass is 79.9. The summed E-state index contributed by atoms with van der Waals surface area (Å²) < 4.78 is 6.12. The largest absolute Gasteiger partial charge is 0.490 e. The highest BCUT2D eigenvalue weighted by molar-refractivity contribution is 9.10. The van der Waals surface area contributed by atoms with E-state index in [1.807, 2.05) is 0 Å². The molecule has 0 bridgehead atoms. The minimum Gasteiger partial charge on any atom is -0.490 e. The highest BCUT2D eigenvalue weighted by Gasteiger charge is 2.28. The number of hydrogen-bond donors (Lipinski definition) is 0. The van der Waals surface area contributed by atoms with E-state index in [4.69, 9.17) is 4.74 Å². The number of pyridine rings is 1. The Balaban J connectivity index is 1.81. The van der Waals surface area contributed by atoms with Gasteiger partial charge in [-0.25, -0.2) is 4.98 Å². The summed E-state index contributed by atoms with van der Waals surface area (Å²) in [5.74, 6) is 0.382. The number of ether oxygens (including phenoxy) is 1. The zero-order valence-corrected chi connectivity index (χ0v) is 10.6. The maximum atomic E-state index is 11.3. The van der Waals surface area contributed by atoms with E-state index in [0.717, 1.165) is 4.60 Å². The van der Waals surface area contributed by atoms with Crippen LogP contribution in [0.1, 0.15) is 12.8 Å². The summed E-state index contributed by atoms with van der Waals surface area (Å²) in [6, 6.07) is 3.53. The van der Waals surface area contributed by atoms with Gasteiger partial charge in [-0.05, 0) is 28.1 Å². The Kier molecular flexibility index (Phi) is 3.73. The minimum absolute atomic E-state index is 0.118. The zero-order valence-electron chi connectivity index (χ0n) is 9.06. The van der Waals surface area contributed by atoms with Crippen molar-refractivity contribution >= 4 is 27.7 Å². The first-order valence-corrected chi connectivity index (χ1v) is 6.03. The van der Waals surface area contributed by atoms with E-state index in [1.54, 1.807) is 18.3 Å². The Morgan fingerprint density at radius 2 is 2.00 bits per heavy atom. The van der Waals surface area contributed by atoms with Crippen LogP contribution in [0.15, 0.2) is 22.9 Å². The molecule has 0 N–H and O–H groups in total. The van der Waals surface area contributed by atoms with Gasteiger partial charge in [0.2, 0.25) is 11.8 Å². The molecule has 2 heterocycles. The van der Waals surface area contributed by atoms with Crippen LogP contribution >= 0.6 is 15.9 Å². The number of nitrogens with zero attached hydrogens (tertiary/aromatic N) is 2. The highest BCUT2D eigenvalue weighted by Crippen LogP contribution is 2.14. The molecule has 0 saturated carbocycles. The number of carbonyl (C=O) groups is 2. The van der Waals surface area contributed by atoms with E-state index in [-0.39, 0.29) is 11.8 Å². The molecule has 0 spiro atoms. The molecule has 2 rings (SSSR count). The molecule has 5 nitrogen and oxygen atoms in total. The first kappa shape index (κ1) is 12.0. The molecule has 0 unspecified atom stereocenters. The fraction of sp³-hybridized carbons (Fsp3) is 0.364. The molecule has 1 fully saturated rings. The van der Waals surface area contributed by atoms with Crippen molar-refractivity contribution in [3.8, 4) is 5.75 Å². The quantitative estimate of drug-likeness (QED) is 0.622. The lowest BCUT2D eigenvalue weighted by molar-refractivity contribution is -0.138. The van der Waals surface area contributed by atoms with Gasteiger partial charge in [-0.15, -0.1) is 0 Å². The molecular weight excluding hydrogens is 288 g/mol. The number of rotatable bonds is 4. The summed E-state index contributed by atoms with van der Waals surface area (Å²) in [5, 5.41) is 0. The SMILES string of the molecule is O=C1CCC(=O)N1CCOc1ccc(Br)nc1. The van der Waals surface area contributed by atoms with Crippen molar-refractivity contribution in [3.63, 3.8) is 0 Å². The van der Waals surface area contributed by atoms with Crippen molar-refractivity contribution < 1.29 is 14.3 Å². The zero-order chi connectivity index (χ0) is 12.3. The second-order valence-electron chi connectivity index (χ2n) is 3.60. The third-order valence-electron chi connectivity index (χ3n) is 2.44. The van der Waals surface area contributed by atoms with Gasteiger partial charge in [0, 0.05) is 12.8 Å². The molecule has 0 radical (unpaired) electrons. The predicted molar refractivity (Wildman–Crippen MR) is 63.4 cm³/mol. The van der Waals surface area contributed by atoms with Crippen molar-refractivity contribution in [3.05, 3.63) is 22.9 Å². The summed E-state index contributed by atoms with van der Waals surface area (Å²) >= 11 is 3.22. The van der Waals surface area contributed by atoms with Gasteiger partial charge in [-0.3, -0.25) is 14.5 Å². The number of amides is 2. The first-order valence-electron chi connectivity index (χ1n) is 5.24. The minimum atomic E-state index is -0.118. The second-order valence-corrected chi connectivity index (χ2v) is 4.42. The van der Waals surface area contributed by atoms with E-state index in [0.29, 0.717) is 31.7 Å². The van der Waals surface area contributed by atoms with E-state index >= 15 is 0 Å². The van der Waals surface area contributed by atoms with Crippen molar-refractivity contribution in [2.75, 3.05) is 13.2 Å². The van der Waals surface area contributed by atoms with E-state index in [9.17, 15) is 9.59 Å². The van der Waals surface area contributed by atoms with Crippen molar-refractivity contribution in [1.82, 2.24) is 9.88 Å². The topological polar surface area (TPSA) is 59.5 Å². The summed E-state index contributed by atoms with van der Waals surface area (Å²) in [6.07, 6.45) is 2.22. The Hall–Kier alpha value is -1.43. The fourth-order valence-corrected chi connectivity index (χ4v) is 1.81. The molecule has 0 atom stereocenters. The molecule has 1 aliphatic rings. The Bertz CT molecular complexity index is 417. The van der Waals surface area contributed by atoms with Gasteiger partial charge in [0.1, 0.15) is 17.0 Å². The lowest BCUT2D eigenvalue weighted by Crippen LogP contribution is -2.33. The maximum absolute atomic E-state index is 11.3. The predicted octanol–water partition coefficient (Wildman–Crippen LogP) is 1.37. The van der Waals surface area contributed by atoms with Gasteiger partial charge in [-0.1, -0.05) is 0 Å². The van der Waals surface area contributed by atoms with Gasteiger partial charge < -0.3 is 4.74 Å². The third kappa shape index (κ3) is 3.03. The number of imide groups is 1. The van der Waals surface area contributed by atoms with Crippen molar-refractivity contribution in [2.45, 2.75) is 12.8 Å². The smallest absolute Gasteiger partial charge is 0.229 e. The summed E-state index contributed by atoms with van der Waals surface area (Å²) in [6.45, 7) is 0.592. The Morgan fingerprint density at radius 3 is 2.59 bits per heavy atom. The molecule has 1 saturated heterocycles. The molecule has 1 aromatic heterocycles. The normalized spacial score (nSPS) is 15.5. The number of hydrogen-bond acceptors (Lipinski definition) is 4. The van der Waals surface area contributed by atoms with E-state index in [1.165, 1.54) is 4.90 Å². The van der Waals surface area contributed by atoms with Crippen molar-refractivity contribution in [2.24, 2.45) is 0 Å². The van der Waals surface area contributed by atoms with Crippen LogP contribution in [-0.2, 0) is 9.59 Å². The van der Waals surface area contributed by atoms with Gasteiger partial charge in [0.25, 0.3) is 0 Å². The average Bonchev–Trinajstić information content (AvgIpc) is 2.63. The van der Waals surface area contributed by atoms with Crippen LogP contribution < -0.4 is 4.74 Å². The Morgan fingerprint density at radius 1 is 1.29 bits per heavy atom. The van der Waals surface area contributed by atoms with Crippen molar-refractivity contribution in [1.29, 1.82) is 0 Å². The van der Waals surface area contributed by atoms with Crippen LogP contribution in [0.4, 0.5) is 0 Å². The summed E-state index contributed by atoms with van der Waals surface area (Å²) in [7, 11) is 0. The van der Waals surface area contributed by atoms with Gasteiger partial charge >= 0.3 is 0 Å². The molecule has 1 aliphatic heterocycles. The number of aromatic nitrogens is 1. The number of likely N-dealkylation sites (tertiary alicyclic amines) is 1. The molecule has 2 amide bonds. The first-order chi connectivity index (χ1) is 8.16. The standard InChI is InChI=1S/C11H11BrN2O3/c12-9-2-1-8(7-13-9)17-6-5-14-10(15)3-4-11(14)16/h1-2,7H,3-6H2. The number of halogens is 1. The van der Waals surface area contributed by atoms with E-state index < -0.39 is 0 Å². The molecule has 17 heavy (non-hydrogen) atoms. The molecular formula is C11H11BrN2O3. The fourth-order valence-electron chi connectivity index (χ4n) is 1.57. The van der Waals surface area contributed by atoms with Crippen LogP contribution in [0.3, 0.4) is 0 Å². The van der Waals surface area contributed by atoms with Crippen LogP contribution in [-0.4, -0.2) is 34.8 Å². The molecule has 90 valence electrons. The van der Waals surface area contributed by atoms with Crippen LogP contribution in [0.5, 0.6) is 5.75 Å². The molecule has 0 aromatic carbocycles. The molecule has 1 aromatic rings. The van der Waals surface area contributed by atoms with Crippen LogP contribution in [0, 0.1) is 0 Å². The summed E-state index contributed by atoms with van der Waals surface area (Å²) in [5.41, 5.74) is 0. The van der Waals surface area contributed by atoms with Gasteiger partial charge in [0.05, 0.1) is 12.7 Å². The lowest BCUT2D eigenvalue weighted by Gasteiger charge is -2.13. The van der Waals surface area contributed by atoms with Gasteiger partial charge in [-0.2, -0.15) is 0 Å². The second kappa shape index (κ2) is 5.27. The maximum Gasteiger partial charge on any atom is 0.229 e. The molecule has 6 heteroatoms. The Labute approximate surface area is 107 Å². The average molecular weight is 299 g/mol. The third-order valence-corrected chi connectivity index (χ3v) is 2.91. The van der Waals surface area contributed by atoms with E-state index in [2.05, 4.69) is 20.9 Å². The van der Waals surface area contributed by atoms with Crippen LogP contribution in [0.25, 0.3) is 0 Å². The number of carbonyl (C=O) groups excluding carboxylic acids is 2.